The Balaban J connectivity index is 0. The van der Waals surface area contributed by atoms with Crippen molar-refractivity contribution in [3.05, 3.63) is 0 Å². The van der Waals surface area contributed by atoms with Crippen LogP contribution in [0.15, 0.2) is 0 Å². The van der Waals surface area contributed by atoms with Crippen molar-refractivity contribution in [3.63, 3.8) is 0 Å². The van der Waals surface area contributed by atoms with Crippen LogP contribution in [0.3, 0.4) is 0 Å². The van der Waals surface area contributed by atoms with Crippen molar-refractivity contribution in [3.8, 4) is 0 Å². The Morgan fingerprint density at radius 1 is 1.22 bits per heavy atom. The van der Waals surface area contributed by atoms with Crippen molar-refractivity contribution in [1.29, 1.82) is 0 Å². The van der Waals surface area contributed by atoms with E-state index in [-0.39, 0.29) is 18.3 Å². The molecule has 0 aliphatic rings. The highest BCUT2D eigenvalue weighted by Crippen LogP contribution is 1.99. The average Bonchev–Trinajstić information content (AvgIpc) is 2.29. The number of nitrogens with zero attached hydrogens (tertiary/aromatic N) is 1. The molecule has 0 aromatic carbocycles. The van der Waals surface area contributed by atoms with Crippen molar-refractivity contribution in [2.75, 3.05) is 53.6 Å². The fourth-order valence-corrected chi connectivity index (χ4v) is 1.44. The monoisotopic (exact) mass is 282 g/mol. The fraction of sp³-hybridized carbons (Fsp3) is 0.917. The van der Waals surface area contributed by atoms with Crippen molar-refractivity contribution >= 4 is 18.3 Å². The molecule has 0 saturated carbocycles. The Hall–Kier alpha value is -0.360. The molecule has 0 atom stereocenters. The number of methoxy groups -OCH3 is 2. The standard InChI is InChI=1S/C12H26N2O3.ClH/c1-11(2)10-14(6-8-17-4)12(15)9-13-5-7-16-3;/h11,13H,5-10H2,1-4H3;1H. The van der Waals surface area contributed by atoms with Gasteiger partial charge in [0.15, 0.2) is 0 Å². The molecule has 6 heteroatoms. The van der Waals surface area contributed by atoms with Crippen LogP contribution in [0.25, 0.3) is 0 Å². The minimum Gasteiger partial charge on any atom is -0.383 e. The van der Waals surface area contributed by atoms with E-state index in [9.17, 15) is 4.79 Å². The summed E-state index contributed by atoms with van der Waals surface area (Å²) in [6.07, 6.45) is 0. The lowest BCUT2D eigenvalue weighted by atomic mass is 10.2. The Kier molecular flexibility index (Phi) is 14.5. The van der Waals surface area contributed by atoms with Gasteiger partial charge in [0.2, 0.25) is 5.91 Å². The number of halogens is 1. The second-order valence-corrected chi connectivity index (χ2v) is 4.40. The van der Waals surface area contributed by atoms with Gasteiger partial charge in [-0.15, -0.1) is 12.4 Å². The van der Waals surface area contributed by atoms with Gasteiger partial charge >= 0.3 is 0 Å². The van der Waals surface area contributed by atoms with Gasteiger partial charge in [-0.2, -0.15) is 0 Å². The number of nitrogens with one attached hydrogen (secondary N) is 1. The number of carbonyl (C=O) groups excluding carboxylic acids is 1. The predicted molar refractivity (Wildman–Crippen MR) is 75.3 cm³/mol. The Morgan fingerprint density at radius 2 is 1.83 bits per heavy atom. The summed E-state index contributed by atoms with van der Waals surface area (Å²) < 4.78 is 9.92. The second-order valence-electron chi connectivity index (χ2n) is 4.40. The summed E-state index contributed by atoms with van der Waals surface area (Å²) in [5.74, 6) is 0.585. The molecular formula is C12H27ClN2O3. The highest BCUT2D eigenvalue weighted by atomic mass is 35.5. The zero-order chi connectivity index (χ0) is 13.1. The number of hydrogen-bond donors (Lipinski definition) is 1. The van der Waals surface area contributed by atoms with Gasteiger partial charge in [0.1, 0.15) is 0 Å². The summed E-state index contributed by atoms with van der Waals surface area (Å²) in [7, 11) is 3.29. The molecule has 0 unspecified atom stereocenters. The fourth-order valence-electron chi connectivity index (χ4n) is 1.44. The molecule has 0 heterocycles. The van der Waals surface area contributed by atoms with Gasteiger partial charge in [-0.1, -0.05) is 13.8 Å². The van der Waals surface area contributed by atoms with Gasteiger partial charge in [-0.05, 0) is 5.92 Å². The Bertz CT molecular complexity index is 204. The molecule has 110 valence electrons. The Labute approximate surface area is 117 Å². The molecule has 18 heavy (non-hydrogen) atoms. The third kappa shape index (κ3) is 10.8. The van der Waals surface area contributed by atoms with E-state index in [1.807, 2.05) is 4.90 Å². The lowest BCUT2D eigenvalue weighted by Crippen LogP contribution is -2.42. The summed E-state index contributed by atoms with van der Waals surface area (Å²) in [5.41, 5.74) is 0. The van der Waals surface area contributed by atoms with Crippen LogP contribution >= 0.6 is 12.4 Å². The van der Waals surface area contributed by atoms with E-state index in [4.69, 9.17) is 9.47 Å². The minimum atomic E-state index is 0. The third-order valence-electron chi connectivity index (χ3n) is 2.26. The molecule has 1 amide bonds. The number of rotatable bonds is 10. The van der Waals surface area contributed by atoms with Crippen molar-refractivity contribution in [2.45, 2.75) is 13.8 Å². The van der Waals surface area contributed by atoms with Crippen molar-refractivity contribution in [2.24, 2.45) is 5.92 Å². The largest absolute Gasteiger partial charge is 0.383 e. The quantitative estimate of drug-likeness (QED) is 0.602. The van der Waals surface area contributed by atoms with E-state index in [1.54, 1.807) is 14.2 Å². The second kappa shape index (κ2) is 13.1. The van der Waals surface area contributed by atoms with Crippen LogP contribution in [0, 0.1) is 5.92 Å². The molecule has 0 saturated heterocycles. The van der Waals surface area contributed by atoms with Crippen molar-refractivity contribution in [1.82, 2.24) is 10.2 Å². The van der Waals surface area contributed by atoms with E-state index >= 15 is 0 Å². The van der Waals surface area contributed by atoms with Crippen LogP contribution in [0.4, 0.5) is 0 Å². The van der Waals surface area contributed by atoms with Gasteiger partial charge in [0, 0.05) is 33.9 Å². The maximum Gasteiger partial charge on any atom is 0.236 e. The van der Waals surface area contributed by atoms with Crippen LogP contribution in [-0.4, -0.2) is 64.4 Å². The van der Waals surface area contributed by atoms with Crippen LogP contribution in [0.5, 0.6) is 0 Å². The molecule has 0 radical (unpaired) electrons. The molecule has 0 aromatic heterocycles. The molecule has 0 spiro atoms. The van der Waals surface area contributed by atoms with Gasteiger partial charge in [0.05, 0.1) is 19.8 Å². The van der Waals surface area contributed by atoms with E-state index < -0.39 is 0 Å². The van der Waals surface area contributed by atoms with Crippen LogP contribution in [0.1, 0.15) is 13.8 Å². The Morgan fingerprint density at radius 3 is 2.33 bits per heavy atom. The summed E-state index contributed by atoms with van der Waals surface area (Å²) in [5, 5.41) is 3.06. The molecule has 0 aliphatic heterocycles. The van der Waals surface area contributed by atoms with Gasteiger partial charge in [0.25, 0.3) is 0 Å². The van der Waals surface area contributed by atoms with E-state index in [0.717, 1.165) is 6.54 Å². The summed E-state index contributed by atoms with van der Waals surface area (Å²) >= 11 is 0. The number of hydrogen-bond acceptors (Lipinski definition) is 4. The van der Waals surface area contributed by atoms with Crippen LogP contribution < -0.4 is 5.32 Å². The van der Waals surface area contributed by atoms with Crippen molar-refractivity contribution < 1.29 is 14.3 Å². The minimum absolute atomic E-state index is 0. The number of carbonyl (C=O) groups is 1. The molecule has 0 aromatic rings. The highest BCUT2D eigenvalue weighted by Gasteiger charge is 2.13. The van der Waals surface area contributed by atoms with E-state index in [2.05, 4.69) is 19.2 Å². The summed E-state index contributed by atoms with van der Waals surface area (Å²) in [6.45, 7) is 7.89. The third-order valence-corrected chi connectivity index (χ3v) is 2.26. The zero-order valence-corrected chi connectivity index (χ0v) is 12.7. The maximum absolute atomic E-state index is 11.9. The first-order valence-electron chi connectivity index (χ1n) is 6.08. The van der Waals surface area contributed by atoms with Gasteiger partial charge in [-0.25, -0.2) is 0 Å². The topological polar surface area (TPSA) is 50.8 Å². The molecule has 0 rings (SSSR count). The van der Waals surface area contributed by atoms with E-state index in [1.165, 1.54) is 0 Å². The molecule has 0 bridgehead atoms. The molecular weight excluding hydrogens is 256 g/mol. The van der Waals surface area contributed by atoms with Gasteiger partial charge in [-0.3, -0.25) is 4.79 Å². The lowest BCUT2D eigenvalue weighted by molar-refractivity contribution is -0.131. The first kappa shape index (κ1) is 20.0. The average molecular weight is 283 g/mol. The van der Waals surface area contributed by atoms with E-state index in [0.29, 0.717) is 38.8 Å². The molecule has 0 fully saturated rings. The number of amides is 1. The van der Waals surface area contributed by atoms with Crippen LogP contribution in [-0.2, 0) is 14.3 Å². The maximum atomic E-state index is 11.9. The predicted octanol–water partition coefficient (Wildman–Crippen LogP) is 0.775. The van der Waals surface area contributed by atoms with Gasteiger partial charge < -0.3 is 19.7 Å². The number of ether oxygens (including phenoxy) is 2. The molecule has 5 nitrogen and oxygen atoms in total. The summed E-state index contributed by atoms with van der Waals surface area (Å²) in [6, 6.07) is 0. The van der Waals surface area contributed by atoms with Crippen LogP contribution in [0.2, 0.25) is 0 Å². The SMILES string of the molecule is COCCNCC(=O)N(CCOC)CC(C)C.Cl. The zero-order valence-electron chi connectivity index (χ0n) is 11.9. The highest BCUT2D eigenvalue weighted by molar-refractivity contribution is 5.85. The lowest BCUT2D eigenvalue weighted by Gasteiger charge is -2.24. The first-order valence-corrected chi connectivity index (χ1v) is 6.08. The molecule has 0 aliphatic carbocycles. The molecule has 1 N–H and O–H groups in total. The first-order chi connectivity index (χ1) is 8.11. The summed E-state index contributed by atoms with van der Waals surface area (Å²) in [4.78, 5) is 13.8. The smallest absolute Gasteiger partial charge is 0.236 e. The normalized spacial score (nSPS) is 10.3.